The Bertz CT molecular complexity index is 54.4. The summed E-state index contributed by atoms with van der Waals surface area (Å²) in [6.07, 6.45) is 6.92. The molecule has 0 nitrogen and oxygen atoms in total. The highest BCUT2D eigenvalue weighted by molar-refractivity contribution is 4.78. The van der Waals surface area contributed by atoms with Crippen LogP contribution in [0.5, 0.6) is 0 Å². The molecule has 0 aliphatic carbocycles. The lowest BCUT2D eigenvalue weighted by atomic mass is 9.84. The Balaban J connectivity index is 3.43. The van der Waals surface area contributed by atoms with E-state index in [-0.39, 0.29) is 0 Å². The van der Waals surface area contributed by atoms with Crippen LogP contribution in [-0.2, 0) is 0 Å². The number of hydrogen-bond donors (Lipinski definition) is 0. The average molecular weight is 126 g/mol. The van der Waals surface area contributed by atoms with Gasteiger partial charge >= 0.3 is 0 Å². The summed E-state index contributed by atoms with van der Waals surface area (Å²) < 4.78 is 0. The molecular weight excluding hydrogens is 108 g/mol. The van der Waals surface area contributed by atoms with Crippen molar-refractivity contribution in [3.8, 4) is 0 Å². The molecule has 0 N–H and O–H groups in total. The van der Waals surface area contributed by atoms with Crippen molar-refractivity contribution < 1.29 is 0 Å². The van der Waals surface area contributed by atoms with Gasteiger partial charge in [-0.2, -0.15) is 26.7 Å². The molecule has 0 atom stereocenters. The second kappa shape index (κ2) is 3.92. The van der Waals surface area contributed by atoms with Gasteiger partial charge in [-0.1, -0.05) is 19.3 Å². The summed E-state index contributed by atoms with van der Waals surface area (Å²) in [5, 5.41) is 0. The first-order chi connectivity index (χ1) is 4.12. The van der Waals surface area contributed by atoms with E-state index >= 15 is 0 Å². The Morgan fingerprint density at radius 2 is 1.33 bits per heavy atom. The maximum absolute atomic E-state index is 2.30. The smallest absolute Gasteiger partial charge is 0.0648 e. The lowest BCUT2D eigenvalue weighted by Gasteiger charge is -2.32. The maximum atomic E-state index is 2.30. The summed E-state index contributed by atoms with van der Waals surface area (Å²) in [5.74, 6) is 0. The van der Waals surface area contributed by atoms with Crippen LogP contribution >= 0.6 is 0 Å². The van der Waals surface area contributed by atoms with Crippen LogP contribution in [0.3, 0.4) is 0 Å². The summed E-state index contributed by atoms with van der Waals surface area (Å²) in [6, 6.07) is 0. The van der Waals surface area contributed by atoms with E-state index < -0.39 is 0 Å². The summed E-state index contributed by atoms with van der Waals surface area (Å²) >= 11 is 0. The third kappa shape index (κ3) is 4.50. The number of hydrogen-bond acceptors (Lipinski definition) is 0. The molecule has 0 aromatic carbocycles. The Morgan fingerprint density at radius 3 is 1.56 bits per heavy atom. The molecule has 0 amide bonds. The molecule has 0 radical (unpaired) electrons. The van der Waals surface area contributed by atoms with Gasteiger partial charge in [-0.05, 0) is 0 Å². The van der Waals surface area contributed by atoms with Crippen molar-refractivity contribution in [1.82, 2.24) is 0 Å². The van der Waals surface area contributed by atoms with Crippen LogP contribution in [-0.4, -0.2) is 0 Å². The van der Waals surface area contributed by atoms with E-state index in [0.29, 0.717) is 5.41 Å². The molecule has 0 aliphatic rings. The van der Waals surface area contributed by atoms with E-state index in [4.69, 9.17) is 0 Å². The Morgan fingerprint density at radius 1 is 1.00 bits per heavy atom. The van der Waals surface area contributed by atoms with Crippen LogP contribution in [0.1, 0.15) is 40.5 Å². The lowest BCUT2D eigenvalue weighted by Crippen LogP contribution is -2.09. The largest absolute Gasteiger partial charge is 0.331 e. The Hall–Kier alpha value is 0. The quantitative estimate of drug-likeness (QED) is 0.507. The van der Waals surface area contributed by atoms with Gasteiger partial charge in [0.05, 0.1) is 0 Å². The van der Waals surface area contributed by atoms with Crippen LogP contribution < -0.4 is 0 Å². The predicted octanol–water partition coefficient (Wildman–Crippen LogP) is 3.24. The van der Waals surface area contributed by atoms with Crippen LogP contribution in [0.4, 0.5) is 0 Å². The second-order valence-electron chi connectivity index (χ2n) is 3.39. The molecular formula is C9H18-2. The highest BCUT2D eigenvalue weighted by atomic mass is 14.2. The molecule has 0 aliphatic heterocycles. The maximum Gasteiger partial charge on any atom is -0.0648 e. The van der Waals surface area contributed by atoms with Crippen LogP contribution in [0.25, 0.3) is 0 Å². The second-order valence-corrected chi connectivity index (χ2v) is 3.39. The lowest BCUT2D eigenvalue weighted by molar-refractivity contribution is 0.354. The fourth-order valence-corrected chi connectivity index (χ4v) is 1.19. The van der Waals surface area contributed by atoms with Gasteiger partial charge in [-0.3, -0.25) is 0 Å². The van der Waals surface area contributed by atoms with E-state index in [1.54, 1.807) is 0 Å². The minimum Gasteiger partial charge on any atom is -0.331 e. The van der Waals surface area contributed by atoms with Crippen molar-refractivity contribution in [3.63, 3.8) is 0 Å². The first-order valence-corrected chi connectivity index (χ1v) is 3.68. The van der Waals surface area contributed by atoms with Crippen molar-refractivity contribution in [2.45, 2.75) is 40.5 Å². The van der Waals surface area contributed by atoms with E-state index in [2.05, 4.69) is 40.5 Å². The van der Waals surface area contributed by atoms with Crippen LogP contribution in [0.2, 0.25) is 0 Å². The molecule has 0 fully saturated rings. The van der Waals surface area contributed by atoms with Gasteiger partial charge in [-0.25, -0.2) is 0 Å². The van der Waals surface area contributed by atoms with Crippen molar-refractivity contribution in [1.29, 1.82) is 0 Å². The van der Waals surface area contributed by atoms with E-state index in [9.17, 15) is 0 Å². The van der Waals surface area contributed by atoms with Gasteiger partial charge in [0, 0.05) is 0 Å². The summed E-state index contributed by atoms with van der Waals surface area (Å²) in [7, 11) is 0. The molecule has 0 aromatic rings. The monoisotopic (exact) mass is 126 g/mol. The van der Waals surface area contributed by atoms with Gasteiger partial charge in [0.2, 0.25) is 0 Å². The Kier molecular flexibility index (Phi) is 3.92. The first kappa shape index (κ1) is 9.00. The zero-order chi connectivity index (χ0) is 7.33. The van der Waals surface area contributed by atoms with E-state index in [1.807, 2.05) is 0 Å². The fourth-order valence-electron chi connectivity index (χ4n) is 1.19. The fraction of sp³-hybridized carbons (Fsp3) is 0.778. The van der Waals surface area contributed by atoms with Crippen LogP contribution in [0.15, 0.2) is 0 Å². The predicted molar refractivity (Wildman–Crippen MR) is 43.0 cm³/mol. The molecule has 56 valence electrons. The minimum absolute atomic E-state index is 0.490. The molecule has 0 aromatic heterocycles. The van der Waals surface area contributed by atoms with Gasteiger partial charge in [-0.15, -0.1) is 0 Å². The molecule has 0 rings (SSSR count). The molecule has 0 saturated heterocycles. The zero-order valence-corrected chi connectivity index (χ0v) is 7.07. The van der Waals surface area contributed by atoms with Crippen molar-refractivity contribution in [3.05, 3.63) is 12.8 Å². The van der Waals surface area contributed by atoms with Crippen LogP contribution in [0, 0.1) is 18.3 Å². The molecule has 0 spiro atoms. The zero-order valence-electron chi connectivity index (χ0n) is 7.07. The van der Waals surface area contributed by atoms with Crippen molar-refractivity contribution >= 4 is 0 Å². The minimum atomic E-state index is 0.490. The van der Waals surface area contributed by atoms with Gasteiger partial charge in [0.15, 0.2) is 0 Å². The summed E-state index contributed by atoms with van der Waals surface area (Å²) in [5.41, 5.74) is 0.490. The number of rotatable bonds is 4. The Labute approximate surface area is 59.7 Å². The molecule has 9 heavy (non-hydrogen) atoms. The third-order valence-electron chi connectivity index (χ3n) is 1.51. The van der Waals surface area contributed by atoms with Crippen molar-refractivity contribution in [2.75, 3.05) is 0 Å². The normalized spacial score (nSPS) is 12.0. The summed E-state index contributed by atoms with van der Waals surface area (Å²) in [6.45, 7) is 8.84. The highest BCUT2D eigenvalue weighted by Gasteiger charge is 2.04. The SMILES string of the molecule is C[CH-]CC(C)(C)C[CH-]C. The molecule has 0 bridgehead atoms. The molecule has 0 saturated carbocycles. The summed E-state index contributed by atoms with van der Waals surface area (Å²) in [4.78, 5) is 0. The van der Waals surface area contributed by atoms with E-state index in [1.165, 1.54) is 12.8 Å². The van der Waals surface area contributed by atoms with Gasteiger partial charge in [0.1, 0.15) is 0 Å². The first-order valence-electron chi connectivity index (χ1n) is 3.68. The third-order valence-corrected chi connectivity index (χ3v) is 1.51. The molecule has 0 unspecified atom stereocenters. The highest BCUT2D eigenvalue weighted by Crippen LogP contribution is 2.26. The van der Waals surface area contributed by atoms with E-state index in [0.717, 1.165) is 0 Å². The topological polar surface area (TPSA) is 0 Å². The standard InChI is InChI=1S/C9H18/c1-5-7-9(3,4)8-6-2/h5-6H,7-8H2,1-4H3/q-2. The van der Waals surface area contributed by atoms with Gasteiger partial charge in [0.25, 0.3) is 0 Å². The average Bonchev–Trinajstić information content (AvgIpc) is 1.64. The molecule has 0 heterocycles. The molecule has 0 heteroatoms. The van der Waals surface area contributed by atoms with Gasteiger partial charge < -0.3 is 12.8 Å². The van der Waals surface area contributed by atoms with Crippen molar-refractivity contribution in [2.24, 2.45) is 5.41 Å².